The van der Waals surface area contributed by atoms with E-state index >= 15 is 4.39 Å². The van der Waals surface area contributed by atoms with Gasteiger partial charge in [-0.25, -0.2) is 13.5 Å². The van der Waals surface area contributed by atoms with Gasteiger partial charge in [-0.3, -0.25) is 9.78 Å². The molecule has 0 radical (unpaired) electrons. The predicted molar refractivity (Wildman–Crippen MR) is 156 cm³/mol. The largest absolute Gasteiger partial charge is 0.493 e. The van der Waals surface area contributed by atoms with Gasteiger partial charge in [-0.1, -0.05) is 0 Å². The van der Waals surface area contributed by atoms with Gasteiger partial charge in [-0.05, 0) is 61.9 Å². The number of methoxy groups -OCH3 is 2. The number of pyridine rings is 1. The Bertz CT molecular complexity index is 1760. The van der Waals surface area contributed by atoms with Crippen molar-refractivity contribution in [2.24, 2.45) is 0 Å². The molecule has 5 rings (SSSR count). The van der Waals surface area contributed by atoms with Crippen molar-refractivity contribution in [1.82, 2.24) is 14.8 Å². The lowest BCUT2D eigenvalue weighted by Crippen LogP contribution is -2.14. The first kappa shape index (κ1) is 30.1. The second kappa shape index (κ2) is 12.7. The van der Waals surface area contributed by atoms with Crippen LogP contribution in [0.5, 0.6) is 28.7 Å². The summed E-state index contributed by atoms with van der Waals surface area (Å²) in [6, 6.07) is 13.3. The second-order valence-corrected chi connectivity index (χ2v) is 8.89. The summed E-state index contributed by atoms with van der Waals surface area (Å²) in [5, 5.41) is 7.59. The van der Waals surface area contributed by atoms with Crippen LogP contribution in [-0.4, -0.2) is 41.5 Å². The van der Waals surface area contributed by atoms with Crippen molar-refractivity contribution in [1.29, 1.82) is 0 Å². The molecular weight excluding hydrogens is 570 g/mol. The normalized spacial score (nSPS) is 10.6. The second-order valence-electron chi connectivity index (χ2n) is 8.89. The maximum absolute atomic E-state index is 15.1. The van der Waals surface area contributed by atoms with Crippen molar-refractivity contribution in [3.05, 3.63) is 89.9 Å². The first-order valence-electron chi connectivity index (χ1n) is 12.6. The Balaban J connectivity index is 0.00000405. The summed E-state index contributed by atoms with van der Waals surface area (Å²) in [4.78, 5) is 17.5. The van der Waals surface area contributed by atoms with Gasteiger partial charge in [-0.15, -0.1) is 12.4 Å². The van der Waals surface area contributed by atoms with Gasteiger partial charge in [0.2, 0.25) is 0 Å². The lowest BCUT2D eigenvalue weighted by atomic mass is 10.2. The van der Waals surface area contributed by atoms with Crippen LogP contribution < -0.4 is 24.3 Å². The predicted octanol–water partition coefficient (Wildman–Crippen LogP) is 6.89. The molecule has 0 bridgehead atoms. The van der Waals surface area contributed by atoms with Gasteiger partial charge in [0.05, 0.1) is 38.2 Å². The number of aromatic nitrogens is 3. The Labute approximate surface area is 246 Å². The zero-order valence-electron chi connectivity index (χ0n) is 23.1. The highest BCUT2D eigenvalue weighted by atomic mass is 35.5. The summed E-state index contributed by atoms with van der Waals surface area (Å²) in [7, 11) is 3.04. The zero-order valence-corrected chi connectivity index (χ0v) is 23.9. The lowest BCUT2D eigenvalue weighted by molar-refractivity contribution is 0.101. The lowest BCUT2D eigenvalue weighted by Gasteiger charge is -2.13. The first-order chi connectivity index (χ1) is 19.8. The minimum atomic E-state index is -0.703. The third-order valence-electron chi connectivity index (χ3n) is 6.22. The van der Waals surface area contributed by atoms with Crippen LogP contribution in [0.2, 0.25) is 0 Å². The molecule has 2 aromatic heterocycles. The molecule has 1 N–H and O–H groups in total. The Morgan fingerprint density at radius 2 is 1.69 bits per heavy atom. The molecule has 9 nitrogen and oxygen atoms in total. The van der Waals surface area contributed by atoms with Gasteiger partial charge in [0.1, 0.15) is 11.6 Å². The SMILES string of the molecule is CCOc1cn(-c2ccc(F)cc2C)nc1C(=O)Nc1ccc(Oc2ccnc3cc(OC)c(OC)cc23)c(F)c1.Cl. The van der Waals surface area contributed by atoms with Crippen LogP contribution in [-0.2, 0) is 0 Å². The molecule has 218 valence electrons. The van der Waals surface area contributed by atoms with E-state index in [0.717, 1.165) is 6.07 Å². The molecule has 0 aliphatic heterocycles. The van der Waals surface area contributed by atoms with Crippen molar-refractivity contribution in [2.75, 3.05) is 26.1 Å². The van der Waals surface area contributed by atoms with Crippen LogP contribution >= 0.6 is 12.4 Å². The van der Waals surface area contributed by atoms with Crippen molar-refractivity contribution < 1.29 is 32.5 Å². The summed E-state index contributed by atoms with van der Waals surface area (Å²) in [6.45, 7) is 3.79. The number of carbonyl (C=O) groups excluding carboxylic acids is 1. The number of amides is 1. The van der Waals surface area contributed by atoms with Gasteiger partial charge in [-0.2, -0.15) is 5.10 Å². The van der Waals surface area contributed by atoms with E-state index in [2.05, 4.69) is 15.4 Å². The smallest absolute Gasteiger partial charge is 0.280 e. The van der Waals surface area contributed by atoms with Crippen LogP contribution in [0.1, 0.15) is 23.0 Å². The monoisotopic (exact) mass is 596 g/mol. The highest BCUT2D eigenvalue weighted by Gasteiger charge is 2.21. The van der Waals surface area contributed by atoms with Gasteiger partial charge < -0.3 is 24.3 Å². The summed E-state index contributed by atoms with van der Waals surface area (Å²) >= 11 is 0. The molecule has 0 unspecified atom stereocenters. The van der Waals surface area contributed by atoms with Crippen LogP contribution in [0.15, 0.2) is 67.0 Å². The molecule has 1 amide bonds. The van der Waals surface area contributed by atoms with E-state index in [1.54, 1.807) is 50.5 Å². The Kier molecular flexibility index (Phi) is 9.12. The fourth-order valence-corrected chi connectivity index (χ4v) is 4.28. The zero-order chi connectivity index (χ0) is 29.1. The minimum Gasteiger partial charge on any atom is -0.493 e. The summed E-state index contributed by atoms with van der Waals surface area (Å²) in [5.74, 6) is -0.197. The third-order valence-corrected chi connectivity index (χ3v) is 6.22. The number of benzene rings is 3. The van der Waals surface area contributed by atoms with Crippen LogP contribution in [0.25, 0.3) is 16.6 Å². The number of carbonyl (C=O) groups is 1. The standard InChI is InChI=1S/C30H26F2N4O5.ClH/c1-5-40-28-16-36(23-8-6-18(31)12-17(23)2)35-29(28)30(37)34-19-7-9-25(21(32)13-19)41-24-10-11-33-22-15-27(39-4)26(38-3)14-20(22)24;/h6-16H,5H2,1-4H3,(H,34,37);1H. The van der Waals surface area contributed by atoms with Crippen LogP contribution in [0, 0.1) is 18.6 Å². The van der Waals surface area contributed by atoms with E-state index in [9.17, 15) is 9.18 Å². The van der Waals surface area contributed by atoms with Gasteiger partial charge >= 0.3 is 0 Å². The fourth-order valence-electron chi connectivity index (χ4n) is 4.28. The van der Waals surface area contributed by atoms with E-state index in [-0.39, 0.29) is 47.7 Å². The number of hydrogen-bond donors (Lipinski definition) is 1. The number of anilines is 1. The molecule has 0 saturated carbocycles. The highest BCUT2D eigenvalue weighted by Crippen LogP contribution is 2.37. The van der Waals surface area contributed by atoms with Crippen LogP contribution in [0.4, 0.5) is 14.5 Å². The minimum absolute atomic E-state index is 0. The maximum Gasteiger partial charge on any atom is 0.280 e. The summed E-state index contributed by atoms with van der Waals surface area (Å²) in [5.41, 5.74) is 1.95. The van der Waals surface area contributed by atoms with E-state index in [1.165, 1.54) is 43.2 Å². The van der Waals surface area contributed by atoms with E-state index in [1.807, 2.05) is 0 Å². The molecule has 0 aliphatic carbocycles. The van der Waals surface area contributed by atoms with E-state index in [4.69, 9.17) is 18.9 Å². The summed E-state index contributed by atoms with van der Waals surface area (Å²) in [6.07, 6.45) is 3.08. The molecule has 0 aliphatic rings. The Hall–Kier alpha value is -4.90. The molecule has 0 atom stereocenters. The number of hydrogen-bond acceptors (Lipinski definition) is 7. The third kappa shape index (κ3) is 6.06. The van der Waals surface area contributed by atoms with Crippen molar-refractivity contribution >= 4 is 34.9 Å². The number of rotatable bonds is 9. The molecule has 42 heavy (non-hydrogen) atoms. The number of aryl methyl sites for hydroxylation is 1. The molecule has 5 aromatic rings. The highest BCUT2D eigenvalue weighted by molar-refractivity contribution is 6.04. The number of nitrogens with zero attached hydrogens (tertiary/aromatic N) is 3. The van der Waals surface area contributed by atoms with Crippen molar-refractivity contribution in [3.8, 4) is 34.4 Å². The average Bonchev–Trinajstić information content (AvgIpc) is 3.37. The van der Waals surface area contributed by atoms with E-state index in [0.29, 0.717) is 39.4 Å². The van der Waals surface area contributed by atoms with Gasteiger partial charge in [0.25, 0.3) is 5.91 Å². The topological polar surface area (TPSA) is 96.7 Å². The maximum atomic E-state index is 15.1. The number of nitrogens with one attached hydrogen (secondary N) is 1. The molecular formula is C30H27ClF2N4O5. The molecule has 0 saturated heterocycles. The van der Waals surface area contributed by atoms with Gasteiger partial charge in [0, 0.05) is 29.4 Å². The molecule has 2 heterocycles. The van der Waals surface area contributed by atoms with Crippen molar-refractivity contribution in [3.63, 3.8) is 0 Å². The summed E-state index contributed by atoms with van der Waals surface area (Å²) < 4.78 is 52.3. The number of halogens is 3. The Morgan fingerprint density at radius 3 is 2.38 bits per heavy atom. The molecule has 12 heteroatoms. The Morgan fingerprint density at radius 1 is 0.929 bits per heavy atom. The molecule has 0 fully saturated rings. The quantitative estimate of drug-likeness (QED) is 0.198. The molecule has 3 aromatic carbocycles. The van der Waals surface area contributed by atoms with Crippen molar-refractivity contribution in [2.45, 2.75) is 13.8 Å². The fraction of sp³-hybridized carbons (Fsp3) is 0.167. The van der Waals surface area contributed by atoms with E-state index < -0.39 is 11.7 Å². The number of fused-ring (bicyclic) bond motifs is 1. The average molecular weight is 597 g/mol. The first-order valence-corrected chi connectivity index (χ1v) is 12.6. The number of ether oxygens (including phenoxy) is 4. The molecule has 0 spiro atoms. The van der Waals surface area contributed by atoms with Crippen LogP contribution in [0.3, 0.4) is 0 Å². The van der Waals surface area contributed by atoms with Gasteiger partial charge in [0.15, 0.2) is 34.5 Å².